The molecule has 0 amide bonds. The molecule has 0 aliphatic heterocycles. The highest BCUT2D eigenvalue weighted by Crippen LogP contribution is 2.09. The topological polar surface area (TPSA) is 0 Å². The SMILES string of the molecule is C#Cc1ccccc1C#CC#Cc1ccccc1C#Cc1ccccc1C#C. The van der Waals surface area contributed by atoms with Crippen LogP contribution in [0.2, 0.25) is 0 Å². The molecule has 0 aliphatic rings. The van der Waals surface area contributed by atoms with Gasteiger partial charge in [0.25, 0.3) is 0 Å². The maximum atomic E-state index is 5.53. The summed E-state index contributed by atoms with van der Waals surface area (Å²) in [6.07, 6.45) is 11.0. The number of hydrogen-bond acceptors (Lipinski definition) is 0. The predicted molar refractivity (Wildman–Crippen MR) is 115 cm³/mol. The van der Waals surface area contributed by atoms with Crippen LogP contribution >= 0.6 is 0 Å². The molecule has 0 fully saturated rings. The summed E-state index contributed by atoms with van der Waals surface area (Å²) in [5, 5.41) is 0. The Hall–Kier alpha value is -4.54. The van der Waals surface area contributed by atoms with E-state index in [1.54, 1.807) is 0 Å². The lowest BCUT2D eigenvalue weighted by Crippen LogP contribution is -1.85. The van der Waals surface area contributed by atoms with Crippen LogP contribution in [0, 0.1) is 60.2 Å². The van der Waals surface area contributed by atoms with Crippen LogP contribution in [0.4, 0.5) is 0 Å². The van der Waals surface area contributed by atoms with Gasteiger partial charge < -0.3 is 0 Å². The molecule has 3 aromatic carbocycles. The van der Waals surface area contributed by atoms with E-state index in [4.69, 9.17) is 12.8 Å². The molecule has 0 bridgehead atoms. The monoisotopic (exact) mass is 350 g/mol. The third-order valence-electron chi connectivity index (χ3n) is 3.88. The van der Waals surface area contributed by atoms with E-state index >= 15 is 0 Å². The van der Waals surface area contributed by atoms with Crippen molar-refractivity contribution >= 4 is 0 Å². The van der Waals surface area contributed by atoms with Gasteiger partial charge in [0, 0.05) is 33.4 Å². The third kappa shape index (κ3) is 4.54. The van der Waals surface area contributed by atoms with Crippen LogP contribution in [-0.4, -0.2) is 0 Å². The van der Waals surface area contributed by atoms with Crippen molar-refractivity contribution in [3.63, 3.8) is 0 Å². The van der Waals surface area contributed by atoms with Gasteiger partial charge in [-0.05, 0) is 48.2 Å². The lowest BCUT2D eigenvalue weighted by atomic mass is 10.1. The van der Waals surface area contributed by atoms with Crippen molar-refractivity contribution < 1.29 is 0 Å². The number of benzene rings is 3. The van der Waals surface area contributed by atoms with Gasteiger partial charge in [-0.25, -0.2) is 0 Å². The van der Waals surface area contributed by atoms with Crippen LogP contribution in [0.3, 0.4) is 0 Å². The van der Waals surface area contributed by atoms with Gasteiger partial charge >= 0.3 is 0 Å². The zero-order valence-electron chi connectivity index (χ0n) is 15.1. The van der Waals surface area contributed by atoms with E-state index in [1.807, 2.05) is 72.8 Å². The Labute approximate surface area is 166 Å². The van der Waals surface area contributed by atoms with E-state index in [0.717, 1.165) is 33.4 Å². The molecule has 3 aromatic rings. The highest BCUT2D eigenvalue weighted by Gasteiger charge is 1.97. The van der Waals surface area contributed by atoms with Crippen molar-refractivity contribution in [2.24, 2.45) is 0 Å². The fourth-order valence-corrected chi connectivity index (χ4v) is 2.47. The van der Waals surface area contributed by atoms with E-state index < -0.39 is 0 Å². The normalized spacial score (nSPS) is 8.50. The molecule has 0 radical (unpaired) electrons. The average molecular weight is 350 g/mol. The fourth-order valence-electron chi connectivity index (χ4n) is 2.47. The summed E-state index contributed by atoms with van der Waals surface area (Å²) in [5.41, 5.74) is 4.78. The lowest BCUT2D eigenvalue weighted by molar-refractivity contribution is 1.57. The second-order valence-corrected chi connectivity index (χ2v) is 5.68. The number of terminal acetylenes is 2. The minimum Gasteiger partial charge on any atom is -0.115 e. The molecule has 0 atom stereocenters. The Morgan fingerprint density at radius 2 is 0.679 bits per heavy atom. The van der Waals surface area contributed by atoms with Crippen molar-refractivity contribution in [3.05, 3.63) is 106 Å². The Morgan fingerprint density at radius 3 is 1.07 bits per heavy atom. The Bertz CT molecular complexity index is 1290. The number of rotatable bonds is 0. The maximum Gasteiger partial charge on any atom is 0.0412 e. The van der Waals surface area contributed by atoms with E-state index in [2.05, 4.69) is 47.4 Å². The third-order valence-corrected chi connectivity index (χ3v) is 3.88. The second-order valence-electron chi connectivity index (χ2n) is 5.68. The van der Waals surface area contributed by atoms with Gasteiger partial charge in [-0.3, -0.25) is 0 Å². The summed E-state index contributed by atoms with van der Waals surface area (Å²) in [5.74, 6) is 23.4. The second kappa shape index (κ2) is 9.24. The highest BCUT2D eigenvalue weighted by atomic mass is 14.0. The summed E-state index contributed by atoms with van der Waals surface area (Å²) in [6.45, 7) is 0. The summed E-state index contributed by atoms with van der Waals surface area (Å²) in [4.78, 5) is 0. The molecule has 3 rings (SSSR count). The molecular weight excluding hydrogens is 336 g/mol. The molecule has 0 aliphatic carbocycles. The van der Waals surface area contributed by atoms with Crippen molar-refractivity contribution in [3.8, 4) is 60.2 Å². The molecule has 0 saturated carbocycles. The summed E-state index contributed by atoms with van der Waals surface area (Å²) in [7, 11) is 0. The van der Waals surface area contributed by atoms with Gasteiger partial charge in [0.2, 0.25) is 0 Å². The largest absolute Gasteiger partial charge is 0.115 e. The van der Waals surface area contributed by atoms with Crippen LogP contribution in [0.1, 0.15) is 33.4 Å². The molecule has 0 unspecified atom stereocenters. The predicted octanol–water partition coefficient (Wildman–Crippen LogP) is 4.45. The molecule has 0 heteroatoms. The smallest absolute Gasteiger partial charge is 0.0412 e. The van der Waals surface area contributed by atoms with E-state index in [1.165, 1.54) is 0 Å². The van der Waals surface area contributed by atoms with Gasteiger partial charge in [0.1, 0.15) is 0 Å². The summed E-state index contributed by atoms with van der Waals surface area (Å²) >= 11 is 0. The van der Waals surface area contributed by atoms with Crippen LogP contribution in [0.5, 0.6) is 0 Å². The van der Waals surface area contributed by atoms with Gasteiger partial charge in [0.05, 0.1) is 0 Å². The first-order chi connectivity index (χ1) is 13.8. The molecule has 0 aromatic heterocycles. The Balaban J connectivity index is 1.89. The zero-order valence-corrected chi connectivity index (χ0v) is 15.1. The highest BCUT2D eigenvalue weighted by molar-refractivity contribution is 5.57. The first-order valence-corrected chi connectivity index (χ1v) is 8.56. The first kappa shape index (κ1) is 18.3. The van der Waals surface area contributed by atoms with E-state index in [-0.39, 0.29) is 0 Å². The Kier molecular flexibility index (Phi) is 6.02. The molecular formula is C28H14. The molecule has 0 spiro atoms. The van der Waals surface area contributed by atoms with Crippen LogP contribution in [0.25, 0.3) is 0 Å². The van der Waals surface area contributed by atoms with Crippen molar-refractivity contribution in [2.45, 2.75) is 0 Å². The van der Waals surface area contributed by atoms with Gasteiger partial charge in [-0.1, -0.05) is 71.9 Å². The standard InChI is InChI=1S/C28H14/c1-3-23-13-5-7-15-25(23)16-9-10-17-26-18-11-12-20-28(26)22-21-27-19-8-6-14-24(27)4-2/h1-2,5-8,11-15,18-20H. The van der Waals surface area contributed by atoms with E-state index in [0.29, 0.717) is 0 Å². The van der Waals surface area contributed by atoms with Crippen LogP contribution < -0.4 is 0 Å². The molecule has 0 nitrogen and oxygen atoms in total. The lowest BCUT2D eigenvalue weighted by Gasteiger charge is -1.96. The summed E-state index contributed by atoms with van der Waals surface area (Å²) in [6, 6.07) is 22.8. The Morgan fingerprint density at radius 1 is 0.393 bits per heavy atom. The van der Waals surface area contributed by atoms with Gasteiger partial charge in [-0.2, -0.15) is 0 Å². The van der Waals surface area contributed by atoms with Crippen LogP contribution in [-0.2, 0) is 0 Å². The molecule has 28 heavy (non-hydrogen) atoms. The molecule has 0 saturated heterocycles. The molecule has 0 N–H and O–H groups in total. The maximum absolute atomic E-state index is 5.53. The fraction of sp³-hybridized carbons (Fsp3) is 0. The summed E-state index contributed by atoms with van der Waals surface area (Å²) < 4.78 is 0. The minimum atomic E-state index is 0.759. The quantitative estimate of drug-likeness (QED) is 0.526. The minimum absolute atomic E-state index is 0.759. The van der Waals surface area contributed by atoms with Crippen molar-refractivity contribution in [1.29, 1.82) is 0 Å². The zero-order chi connectivity index (χ0) is 19.6. The van der Waals surface area contributed by atoms with Gasteiger partial charge in [0.15, 0.2) is 0 Å². The van der Waals surface area contributed by atoms with E-state index in [9.17, 15) is 0 Å². The van der Waals surface area contributed by atoms with Crippen molar-refractivity contribution in [1.82, 2.24) is 0 Å². The number of hydrogen-bond donors (Lipinski definition) is 0. The van der Waals surface area contributed by atoms with Crippen molar-refractivity contribution in [2.75, 3.05) is 0 Å². The average Bonchev–Trinajstić information content (AvgIpc) is 2.76. The molecule has 126 valence electrons. The first-order valence-electron chi connectivity index (χ1n) is 8.56. The molecule has 0 heterocycles. The van der Waals surface area contributed by atoms with Gasteiger partial charge in [-0.15, -0.1) is 12.8 Å². The van der Waals surface area contributed by atoms with Crippen LogP contribution in [0.15, 0.2) is 72.8 Å².